The Morgan fingerprint density at radius 2 is 1.78 bits per heavy atom. The molecule has 6 heteroatoms. The Kier molecular flexibility index (Phi) is 4.56. The molecule has 0 aliphatic rings. The van der Waals surface area contributed by atoms with Gasteiger partial charge in [0.2, 0.25) is 0 Å². The minimum atomic E-state index is -4.35. The maximum atomic E-state index is 12.3. The molecule has 1 aromatic rings. The molecule has 94 valence electrons. The minimum absolute atomic E-state index is 0.0874. The summed E-state index contributed by atoms with van der Waals surface area (Å²) in [6, 6.07) is 8.34. The first-order valence-corrected chi connectivity index (χ1v) is 5.15. The summed E-state index contributed by atoms with van der Waals surface area (Å²) >= 11 is 0. The number of nitriles is 2. The zero-order valence-electron chi connectivity index (χ0n) is 9.33. The summed E-state index contributed by atoms with van der Waals surface area (Å²) < 4.78 is 36.9. The summed E-state index contributed by atoms with van der Waals surface area (Å²) in [5, 5.41) is 20.0. The predicted molar refractivity (Wildman–Crippen MR) is 59.3 cm³/mol. The summed E-state index contributed by atoms with van der Waals surface area (Å²) in [6.07, 6.45) is -4.27. The van der Waals surface area contributed by atoms with Crippen LogP contribution in [-0.4, -0.2) is 6.54 Å². The van der Waals surface area contributed by atoms with E-state index in [2.05, 4.69) is 5.32 Å². The molecule has 1 rings (SSSR count). The first-order chi connectivity index (χ1) is 8.47. The second-order valence-electron chi connectivity index (χ2n) is 3.64. The molecular formula is C12H10F3N3. The summed E-state index contributed by atoms with van der Waals surface area (Å²) in [5.74, 6) is -0.475. The van der Waals surface area contributed by atoms with Crippen molar-refractivity contribution < 1.29 is 13.2 Å². The highest BCUT2D eigenvalue weighted by atomic mass is 19.4. The number of hydrogen-bond donors (Lipinski definition) is 1. The van der Waals surface area contributed by atoms with E-state index in [1.165, 1.54) is 12.1 Å². The fourth-order valence-corrected chi connectivity index (χ4v) is 1.29. The molecule has 3 nitrogen and oxygen atoms in total. The standard InChI is InChI=1S/C12H10F3N3/c13-12(14,15)10-1-3-11(4-2-10)18-8-9(7-17)5-6-16/h1-4,9,18H,5,8H2. The largest absolute Gasteiger partial charge is 0.416 e. The molecule has 1 N–H and O–H groups in total. The van der Waals surface area contributed by atoms with Crippen molar-refractivity contribution in [3.05, 3.63) is 29.8 Å². The number of anilines is 1. The number of benzene rings is 1. The van der Waals surface area contributed by atoms with Crippen LogP contribution in [0.5, 0.6) is 0 Å². The predicted octanol–water partition coefficient (Wildman–Crippen LogP) is 3.17. The molecule has 0 aliphatic carbocycles. The average Bonchev–Trinajstić information content (AvgIpc) is 2.34. The smallest absolute Gasteiger partial charge is 0.384 e. The van der Waals surface area contributed by atoms with Gasteiger partial charge in [-0.2, -0.15) is 23.7 Å². The van der Waals surface area contributed by atoms with Gasteiger partial charge in [0.1, 0.15) is 0 Å². The SMILES string of the molecule is N#CCC(C#N)CNc1ccc(C(F)(F)F)cc1. The monoisotopic (exact) mass is 253 g/mol. The minimum Gasteiger partial charge on any atom is -0.384 e. The third-order valence-corrected chi connectivity index (χ3v) is 2.29. The number of halogens is 3. The molecule has 0 aromatic heterocycles. The van der Waals surface area contributed by atoms with Crippen LogP contribution in [0.4, 0.5) is 18.9 Å². The molecule has 0 heterocycles. The van der Waals surface area contributed by atoms with Gasteiger partial charge < -0.3 is 5.32 Å². The van der Waals surface area contributed by atoms with E-state index in [1.807, 2.05) is 12.1 Å². The quantitative estimate of drug-likeness (QED) is 0.896. The summed E-state index contributed by atoms with van der Waals surface area (Å²) in [6.45, 7) is 0.232. The van der Waals surface area contributed by atoms with Crippen molar-refractivity contribution in [3.8, 4) is 12.1 Å². The van der Waals surface area contributed by atoms with Crippen molar-refractivity contribution in [2.45, 2.75) is 12.6 Å². The highest BCUT2D eigenvalue weighted by molar-refractivity contribution is 5.45. The van der Waals surface area contributed by atoms with E-state index in [-0.39, 0.29) is 13.0 Å². The second kappa shape index (κ2) is 5.92. The molecule has 0 spiro atoms. The van der Waals surface area contributed by atoms with Crippen molar-refractivity contribution in [2.75, 3.05) is 11.9 Å². The molecule has 0 fully saturated rings. The van der Waals surface area contributed by atoms with Crippen LogP contribution >= 0.6 is 0 Å². The third-order valence-electron chi connectivity index (χ3n) is 2.29. The first-order valence-electron chi connectivity index (χ1n) is 5.15. The summed E-state index contributed by atoms with van der Waals surface area (Å²) in [4.78, 5) is 0. The maximum Gasteiger partial charge on any atom is 0.416 e. The number of alkyl halides is 3. The van der Waals surface area contributed by atoms with E-state index in [0.717, 1.165) is 12.1 Å². The van der Waals surface area contributed by atoms with Gasteiger partial charge in [-0.3, -0.25) is 0 Å². The Balaban J connectivity index is 2.60. The zero-order chi connectivity index (χ0) is 13.6. The zero-order valence-corrected chi connectivity index (χ0v) is 9.33. The van der Waals surface area contributed by atoms with Crippen molar-refractivity contribution in [1.82, 2.24) is 0 Å². The lowest BCUT2D eigenvalue weighted by Crippen LogP contribution is -2.12. The van der Waals surface area contributed by atoms with Gasteiger partial charge >= 0.3 is 6.18 Å². The van der Waals surface area contributed by atoms with Crippen LogP contribution in [-0.2, 0) is 6.18 Å². The van der Waals surface area contributed by atoms with Crippen LogP contribution in [0.25, 0.3) is 0 Å². The average molecular weight is 253 g/mol. The molecule has 18 heavy (non-hydrogen) atoms. The lowest BCUT2D eigenvalue weighted by molar-refractivity contribution is -0.137. The van der Waals surface area contributed by atoms with E-state index in [9.17, 15) is 13.2 Å². The number of rotatable bonds is 4. The molecule has 1 aromatic carbocycles. The maximum absolute atomic E-state index is 12.3. The Bertz CT molecular complexity index is 465. The Morgan fingerprint density at radius 3 is 2.22 bits per heavy atom. The van der Waals surface area contributed by atoms with Crippen LogP contribution in [0.1, 0.15) is 12.0 Å². The van der Waals surface area contributed by atoms with Gasteiger partial charge in [-0.05, 0) is 24.3 Å². The van der Waals surface area contributed by atoms with Crippen LogP contribution in [0.3, 0.4) is 0 Å². The van der Waals surface area contributed by atoms with Gasteiger partial charge in [-0.15, -0.1) is 0 Å². The van der Waals surface area contributed by atoms with Crippen molar-refractivity contribution in [3.63, 3.8) is 0 Å². The lowest BCUT2D eigenvalue weighted by atomic mass is 10.1. The van der Waals surface area contributed by atoms with E-state index in [1.54, 1.807) is 0 Å². The van der Waals surface area contributed by atoms with Crippen LogP contribution < -0.4 is 5.32 Å². The van der Waals surface area contributed by atoms with Gasteiger partial charge in [-0.25, -0.2) is 0 Å². The van der Waals surface area contributed by atoms with Crippen LogP contribution in [0.2, 0.25) is 0 Å². The molecule has 0 saturated heterocycles. The number of hydrogen-bond acceptors (Lipinski definition) is 3. The third kappa shape index (κ3) is 3.99. The molecule has 1 atom stereocenters. The van der Waals surface area contributed by atoms with Crippen molar-refractivity contribution >= 4 is 5.69 Å². The van der Waals surface area contributed by atoms with Crippen LogP contribution in [0.15, 0.2) is 24.3 Å². The van der Waals surface area contributed by atoms with Gasteiger partial charge in [-0.1, -0.05) is 0 Å². The lowest BCUT2D eigenvalue weighted by Gasteiger charge is -2.10. The molecule has 0 radical (unpaired) electrons. The molecule has 0 aliphatic heterocycles. The topological polar surface area (TPSA) is 59.6 Å². The molecule has 0 saturated carbocycles. The van der Waals surface area contributed by atoms with Crippen LogP contribution in [0, 0.1) is 28.6 Å². The van der Waals surface area contributed by atoms with E-state index < -0.39 is 17.7 Å². The number of nitrogens with one attached hydrogen (secondary N) is 1. The fraction of sp³-hybridized carbons (Fsp3) is 0.333. The Hall–Kier alpha value is -2.21. The van der Waals surface area contributed by atoms with Crippen molar-refractivity contribution in [2.24, 2.45) is 5.92 Å². The highest BCUT2D eigenvalue weighted by Gasteiger charge is 2.29. The van der Waals surface area contributed by atoms with E-state index in [4.69, 9.17) is 10.5 Å². The van der Waals surface area contributed by atoms with E-state index in [0.29, 0.717) is 5.69 Å². The normalized spacial score (nSPS) is 12.3. The molecular weight excluding hydrogens is 243 g/mol. The Labute approximate surface area is 102 Å². The van der Waals surface area contributed by atoms with Gasteiger partial charge in [0, 0.05) is 12.2 Å². The van der Waals surface area contributed by atoms with E-state index >= 15 is 0 Å². The highest BCUT2D eigenvalue weighted by Crippen LogP contribution is 2.29. The molecule has 1 unspecified atom stereocenters. The number of nitrogens with zero attached hydrogens (tertiary/aromatic N) is 2. The molecule has 0 bridgehead atoms. The van der Waals surface area contributed by atoms with Gasteiger partial charge in [0.15, 0.2) is 0 Å². The van der Waals surface area contributed by atoms with Gasteiger partial charge in [0.05, 0.1) is 30.0 Å². The first kappa shape index (κ1) is 13.9. The van der Waals surface area contributed by atoms with Crippen molar-refractivity contribution in [1.29, 1.82) is 10.5 Å². The summed E-state index contributed by atoms with van der Waals surface area (Å²) in [7, 11) is 0. The van der Waals surface area contributed by atoms with Gasteiger partial charge in [0.25, 0.3) is 0 Å². The Morgan fingerprint density at radius 1 is 1.17 bits per heavy atom. The molecule has 0 amide bonds. The fourth-order valence-electron chi connectivity index (χ4n) is 1.29. The second-order valence-corrected chi connectivity index (χ2v) is 3.64. The summed E-state index contributed by atoms with van der Waals surface area (Å²) in [5.41, 5.74) is -0.233.